The number of carboxylic acid groups (broad SMARTS) is 1. The lowest BCUT2D eigenvalue weighted by Gasteiger charge is -2.11. The Balaban J connectivity index is 1.56. The molecule has 1 N–H and O–H groups in total. The summed E-state index contributed by atoms with van der Waals surface area (Å²) in [5.74, 6) is -0.237. The van der Waals surface area contributed by atoms with Crippen LogP contribution in [0.2, 0.25) is 0 Å². The molecule has 138 valence electrons. The van der Waals surface area contributed by atoms with Gasteiger partial charge in [0.15, 0.2) is 0 Å². The van der Waals surface area contributed by atoms with Gasteiger partial charge in [0.25, 0.3) is 0 Å². The van der Waals surface area contributed by atoms with Gasteiger partial charge in [-0.15, -0.1) is 0 Å². The zero-order chi connectivity index (χ0) is 19.5. The zero-order valence-corrected chi connectivity index (χ0v) is 15.3. The van der Waals surface area contributed by atoms with Gasteiger partial charge in [-0.1, -0.05) is 42.5 Å². The number of hydrogen-bond acceptors (Lipinski definition) is 4. The Morgan fingerprint density at radius 3 is 2.61 bits per heavy atom. The Bertz CT molecular complexity index is 1150. The van der Waals surface area contributed by atoms with Gasteiger partial charge in [-0.05, 0) is 41.8 Å². The van der Waals surface area contributed by atoms with Crippen LogP contribution in [0.1, 0.15) is 21.6 Å². The molecule has 0 saturated carbocycles. The van der Waals surface area contributed by atoms with E-state index in [9.17, 15) is 9.90 Å². The monoisotopic (exact) mass is 370 g/mol. The largest absolute Gasteiger partial charge is 0.486 e. The van der Waals surface area contributed by atoms with E-state index in [1.165, 1.54) is 0 Å². The molecule has 28 heavy (non-hydrogen) atoms. The first-order chi connectivity index (χ1) is 13.6. The Hall–Kier alpha value is -3.73. The molecule has 0 atom stereocenters. The van der Waals surface area contributed by atoms with E-state index in [-0.39, 0.29) is 5.56 Å². The molecule has 5 heteroatoms. The summed E-state index contributed by atoms with van der Waals surface area (Å²) in [6, 6.07) is 20.3. The maximum absolute atomic E-state index is 11.4. The summed E-state index contributed by atoms with van der Waals surface area (Å²) in [6.45, 7) is 2.31. The quantitative estimate of drug-likeness (QED) is 0.542. The van der Waals surface area contributed by atoms with Crippen LogP contribution >= 0.6 is 0 Å². The van der Waals surface area contributed by atoms with Crippen molar-refractivity contribution < 1.29 is 14.6 Å². The average molecular weight is 370 g/mol. The third kappa shape index (κ3) is 3.55. The molecule has 5 nitrogen and oxygen atoms in total. The summed E-state index contributed by atoms with van der Waals surface area (Å²) in [6.07, 6.45) is 1.72. The molecule has 0 unspecified atom stereocenters. The highest BCUT2D eigenvalue weighted by atomic mass is 16.5. The van der Waals surface area contributed by atoms with Gasteiger partial charge in [-0.25, -0.2) is 4.79 Å². The van der Waals surface area contributed by atoms with Crippen LogP contribution in [0, 0.1) is 6.92 Å². The van der Waals surface area contributed by atoms with Crippen molar-refractivity contribution in [3.8, 4) is 16.9 Å². The van der Waals surface area contributed by atoms with E-state index in [1.54, 1.807) is 18.3 Å². The highest BCUT2D eigenvalue weighted by Gasteiger charge is 2.11. The number of carbonyl (C=O) groups is 1. The number of benzene rings is 2. The second-order valence-corrected chi connectivity index (χ2v) is 6.47. The first-order valence-electron chi connectivity index (χ1n) is 8.88. The van der Waals surface area contributed by atoms with E-state index in [1.807, 2.05) is 61.5 Å². The second-order valence-electron chi connectivity index (χ2n) is 6.47. The molecule has 0 radical (unpaired) electrons. The lowest BCUT2D eigenvalue weighted by atomic mass is 9.99. The molecular weight excluding hydrogens is 352 g/mol. The number of carboxylic acids is 1. The number of hydrogen-bond donors (Lipinski definition) is 1. The smallest absolute Gasteiger partial charge is 0.336 e. The third-order valence-electron chi connectivity index (χ3n) is 4.47. The molecule has 0 amide bonds. The van der Waals surface area contributed by atoms with Crippen molar-refractivity contribution >= 4 is 17.0 Å². The third-order valence-corrected chi connectivity index (χ3v) is 4.47. The number of nitrogens with zero attached hydrogens (tertiary/aromatic N) is 2. The lowest BCUT2D eigenvalue weighted by Crippen LogP contribution is -2.00. The van der Waals surface area contributed by atoms with Gasteiger partial charge >= 0.3 is 5.97 Å². The Morgan fingerprint density at radius 1 is 1.04 bits per heavy atom. The molecule has 0 bridgehead atoms. The van der Waals surface area contributed by atoms with Gasteiger partial charge in [-0.3, -0.25) is 9.97 Å². The van der Waals surface area contributed by atoms with Crippen LogP contribution in [-0.2, 0) is 6.61 Å². The highest BCUT2D eigenvalue weighted by Crippen LogP contribution is 2.26. The minimum Gasteiger partial charge on any atom is -0.486 e. The predicted molar refractivity (Wildman–Crippen MR) is 107 cm³/mol. The number of aryl methyl sites for hydroxylation is 1. The van der Waals surface area contributed by atoms with Gasteiger partial charge in [0.05, 0.1) is 11.1 Å². The second kappa shape index (κ2) is 7.48. The molecule has 2 heterocycles. The normalized spacial score (nSPS) is 10.8. The highest BCUT2D eigenvalue weighted by molar-refractivity contribution is 5.96. The van der Waals surface area contributed by atoms with Gasteiger partial charge in [0.2, 0.25) is 0 Å². The molecule has 0 aliphatic heterocycles. The first kappa shape index (κ1) is 17.7. The molecule has 0 fully saturated rings. The fraction of sp³-hybridized carbons (Fsp3) is 0.0870. The average Bonchev–Trinajstić information content (AvgIpc) is 2.72. The minimum absolute atomic E-state index is 0.288. The number of ether oxygens (including phenoxy) is 1. The molecule has 0 aliphatic carbocycles. The molecule has 2 aromatic heterocycles. The van der Waals surface area contributed by atoms with Crippen molar-refractivity contribution in [1.29, 1.82) is 0 Å². The number of fused-ring (bicyclic) bond motifs is 1. The first-order valence-corrected chi connectivity index (χ1v) is 8.88. The summed E-state index contributed by atoms with van der Waals surface area (Å²) in [4.78, 5) is 20.3. The molecule has 0 aliphatic rings. The van der Waals surface area contributed by atoms with Crippen molar-refractivity contribution in [3.63, 3.8) is 0 Å². The summed E-state index contributed by atoms with van der Waals surface area (Å²) in [5, 5.41) is 9.37. The van der Waals surface area contributed by atoms with E-state index in [0.717, 1.165) is 27.9 Å². The number of aromatic nitrogens is 2. The summed E-state index contributed by atoms with van der Waals surface area (Å²) in [5.41, 5.74) is 5.23. The molecule has 2 aromatic carbocycles. The van der Waals surface area contributed by atoms with Crippen LogP contribution in [0.25, 0.3) is 22.2 Å². The van der Waals surface area contributed by atoms with E-state index in [0.29, 0.717) is 17.9 Å². The number of rotatable bonds is 5. The van der Waals surface area contributed by atoms with Crippen molar-refractivity contribution in [2.75, 3.05) is 0 Å². The fourth-order valence-corrected chi connectivity index (χ4v) is 3.13. The Kier molecular flexibility index (Phi) is 4.72. The van der Waals surface area contributed by atoms with Gasteiger partial charge in [-0.2, -0.15) is 0 Å². The fourth-order valence-electron chi connectivity index (χ4n) is 3.13. The standard InChI is InChI=1S/C23H18N2O3/c1-15-13-21(22-20(25-15)7-4-12-24-22)28-14-16-8-10-17(11-9-16)18-5-2-3-6-19(18)23(26)27/h2-13H,14H2,1H3,(H,26,27). The minimum atomic E-state index is -0.935. The van der Waals surface area contributed by atoms with Crippen LogP contribution < -0.4 is 4.74 Å². The van der Waals surface area contributed by atoms with Crippen molar-refractivity contribution in [2.24, 2.45) is 0 Å². The van der Waals surface area contributed by atoms with Gasteiger partial charge in [0, 0.05) is 18.0 Å². The van der Waals surface area contributed by atoms with Crippen molar-refractivity contribution in [2.45, 2.75) is 13.5 Å². The maximum atomic E-state index is 11.4. The molecular formula is C23H18N2O3. The molecule has 0 saturated heterocycles. The van der Waals surface area contributed by atoms with Crippen molar-refractivity contribution in [3.05, 3.63) is 89.7 Å². The van der Waals surface area contributed by atoms with Gasteiger partial charge < -0.3 is 9.84 Å². The topological polar surface area (TPSA) is 72.3 Å². The van der Waals surface area contributed by atoms with E-state index in [4.69, 9.17) is 4.74 Å². The van der Waals surface area contributed by atoms with E-state index in [2.05, 4.69) is 9.97 Å². The summed E-state index contributed by atoms with van der Waals surface area (Å²) >= 11 is 0. The summed E-state index contributed by atoms with van der Waals surface area (Å²) < 4.78 is 6.00. The van der Waals surface area contributed by atoms with E-state index >= 15 is 0 Å². The lowest BCUT2D eigenvalue weighted by molar-refractivity contribution is 0.0697. The van der Waals surface area contributed by atoms with Crippen LogP contribution in [0.15, 0.2) is 72.9 Å². The maximum Gasteiger partial charge on any atom is 0.336 e. The van der Waals surface area contributed by atoms with Crippen LogP contribution in [0.4, 0.5) is 0 Å². The van der Waals surface area contributed by atoms with Gasteiger partial charge in [0.1, 0.15) is 17.9 Å². The van der Waals surface area contributed by atoms with Crippen molar-refractivity contribution in [1.82, 2.24) is 9.97 Å². The van der Waals surface area contributed by atoms with E-state index < -0.39 is 5.97 Å². The number of aromatic carboxylic acids is 1. The van der Waals surface area contributed by atoms with Crippen LogP contribution in [-0.4, -0.2) is 21.0 Å². The Labute approximate surface area is 162 Å². The Morgan fingerprint density at radius 2 is 1.82 bits per heavy atom. The molecule has 0 spiro atoms. The summed E-state index contributed by atoms with van der Waals surface area (Å²) in [7, 11) is 0. The SMILES string of the molecule is Cc1cc(OCc2ccc(-c3ccccc3C(=O)O)cc2)c2ncccc2n1. The molecule has 4 rings (SSSR count). The van der Waals surface area contributed by atoms with Crippen LogP contribution in [0.3, 0.4) is 0 Å². The predicted octanol–water partition coefficient (Wildman–Crippen LogP) is 4.88. The zero-order valence-electron chi connectivity index (χ0n) is 15.3. The number of pyridine rings is 2. The molecule has 4 aromatic rings. The van der Waals surface area contributed by atoms with Crippen LogP contribution in [0.5, 0.6) is 5.75 Å².